The van der Waals surface area contributed by atoms with Gasteiger partial charge in [0, 0.05) is 19.1 Å². The molecule has 1 aliphatic rings. The van der Waals surface area contributed by atoms with Gasteiger partial charge in [0.25, 0.3) is 0 Å². The molecule has 1 aromatic carbocycles. The van der Waals surface area contributed by atoms with Crippen molar-refractivity contribution in [2.24, 2.45) is 5.73 Å². The number of nitrogens with two attached hydrogens (primary N) is 1. The van der Waals surface area contributed by atoms with Crippen molar-refractivity contribution in [3.8, 4) is 0 Å². The van der Waals surface area contributed by atoms with Gasteiger partial charge in [-0.25, -0.2) is 0 Å². The summed E-state index contributed by atoms with van der Waals surface area (Å²) in [5.74, 6) is 1.25. The van der Waals surface area contributed by atoms with Crippen LogP contribution in [0.4, 0.5) is 0 Å². The molecule has 0 saturated heterocycles. The van der Waals surface area contributed by atoms with Crippen LogP contribution in [0, 0.1) is 0 Å². The largest absolute Gasteiger partial charge is 0.329 e. The van der Waals surface area contributed by atoms with E-state index in [2.05, 4.69) is 35.4 Å². The highest BCUT2D eigenvalue weighted by atomic mass is 32.2. The summed E-state index contributed by atoms with van der Waals surface area (Å²) in [4.78, 5) is 2.55. The van der Waals surface area contributed by atoms with Crippen molar-refractivity contribution < 1.29 is 0 Å². The molecule has 1 aromatic rings. The molecular weight excluding hydrogens is 228 g/mol. The zero-order chi connectivity index (χ0) is 12.1. The minimum Gasteiger partial charge on any atom is -0.329 e. The van der Waals surface area contributed by atoms with Gasteiger partial charge in [0.15, 0.2) is 0 Å². The third kappa shape index (κ3) is 3.24. The summed E-state index contributed by atoms with van der Waals surface area (Å²) in [6.45, 7) is 3.02. The monoisotopic (exact) mass is 250 g/mol. The van der Waals surface area contributed by atoms with E-state index >= 15 is 0 Å². The number of rotatable bonds is 5. The Morgan fingerprint density at radius 1 is 1.35 bits per heavy atom. The maximum absolute atomic E-state index is 5.91. The highest BCUT2D eigenvalue weighted by Crippen LogP contribution is 2.22. The summed E-state index contributed by atoms with van der Waals surface area (Å²) >= 11 is 1.93. The van der Waals surface area contributed by atoms with Crippen molar-refractivity contribution in [3.63, 3.8) is 0 Å². The van der Waals surface area contributed by atoms with E-state index in [1.807, 2.05) is 11.8 Å². The molecule has 0 bridgehead atoms. The maximum atomic E-state index is 5.91. The smallest absolute Gasteiger partial charge is 0.0262 e. The Morgan fingerprint density at radius 2 is 2.12 bits per heavy atom. The van der Waals surface area contributed by atoms with Gasteiger partial charge in [-0.15, -0.1) is 0 Å². The van der Waals surface area contributed by atoms with Crippen molar-refractivity contribution in [1.82, 2.24) is 4.90 Å². The topological polar surface area (TPSA) is 29.3 Å². The molecule has 1 unspecified atom stereocenters. The van der Waals surface area contributed by atoms with Gasteiger partial charge >= 0.3 is 0 Å². The second-order valence-corrected chi connectivity index (χ2v) is 5.66. The van der Waals surface area contributed by atoms with E-state index in [1.165, 1.54) is 29.8 Å². The lowest BCUT2D eigenvalue weighted by molar-refractivity contribution is 0.177. The SMILES string of the molecule is CSCCCN1Cc2ccccc2CC1CN. The molecule has 1 aliphatic heterocycles. The lowest BCUT2D eigenvalue weighted by atomic mass is 9.94. The minimum absolute atomic E-state index is 0.534. The standard InChI is InChI=1S/C14H22N2S/c1-17-8-4-7-16-11-13-6-3-2-5-12(13)9-14(16)10-15/h2-3,5-6,14H,4,7-11,15H2,1H3. The Bertz CT molecular complexity index is 354. The van der Waals surface area contributed by atoms with Gasteiger partial charge in [-0.05, 0) is 42.5 Å². The van der Waals surface area contributed by atoms with Crippen LogP contribution in [0.15, 0.2) is 24.3 Å². The average molecular weight is 250 g/mol. The minimum atomic E-state index is 0.534. The van der Waals surface area contributed by atoms with Gasteiger partial charge in [0.05, 0.1) is 0 Å². The van der Waals surface area contributed by atoms with Crippen molar-refractivity contribution in [3.05, 3.63) is 35.4 Å². The summed E-state index contributed by atoms with van der Waals surface area (Å²) in [7, 11) is 0. The number of hydrogen-bond acceptors (Lipinski definition) is 3. The van der Waals surface area contributed by atoms with Crippen LogP contribution in [0.1, 0.15) is 17.5 Å². The number of benzene rings is 1. The van der Waals surface area contributed by atoms with E-state index in [0.29, 0.717) is 6.04 Å². The Hall–Kier alpha value is -0.510. The third-order valence-electron chi connectivity index (χ3n) is 3.53. The first-order valence-electron chi connectivity index (χ1n) is 6.35. The zero-order valence-electron chi connectivity index (χ0n) is 10.6. The summed E-state index contributed by atoms with van der Waals surface area (Å²) in [5, 5.41) is 0. The summed E-state index contributed by atoms with van der Waals surface area (Å²) in [5.41, 5.74) is 8.89. The van der Waals surface area contributed by atoms with Crippen LogP contribution >= 0.6 is 11.8 Å². The molecule has 0 aromatic heterocycles. The second kappa shape index (κ2) is 6.43. The lowest BCUT2D eigenvalue weighted by Crippen LogP contribution is -2.45. The molecule has 1 heterocycles. The van der Waals surface area contributed by atoms with E-state index in [9.17, 15) is 0 Å². The Labute approximate surface area is 109 Å². The van der Waals surface area contributed by atoms with Gasteiger partial charge in [-0.3, -0.25) is 4.90 Å². The lowest BCUT2D eigenvalue weighted by Gasteiger charge is -2.36. The number of nitrogens with zero attached hydrogens (tertiary/aromatic N) is 1. The quantitative estimate of drug-likeness (QED) is 0.812. The molecule has 94 valence electrons. The number of fused-ring (bicyclic) bond motifs is 1. The van der Waals surface area contributed by atoms with Gasteiger partial charge in [0.2, 0.25) is 0 Å². The normalized spacial score (nSPS) is 20.2. The molecule has 17 heavy (non-hydrogen) atoms. The van der Waals surface area contributed by atoms with E-state index in [1.54, 1.807) is 0 Å². The average Bonchev–Trinajstić information content (AvgIpc) is 2.38. The third-order valence-corrected chi connectivity index (χ3v) is 4.23. The van der Waals surface area contributed by atoms with Gasteiger partial charge in [-0.1, -0.05) is 24.3 Å². The first kappa shape index (κ1) is 12.9. The van der Waals surface area contributed by atoms with Crippen LogP contribution in [0.2, 0.25) is 0 Å². The highest BCUT2D eigenvalue weighted by molar-refractivity contribution is 7.98. The van der Waals surface area contributed by atoms with E-state index in [0.717, 1.165) is 19.5 Å². The molecule has 3 heteroatoms. The maximum Gasteiger partial charge on any atom is 0.0262 e. The van der Waals surface area contributed by atoms with E-state index in [4.69, 9.17) is 5.73 Å². The van der Waals surface area contributed by atoms with Crippen LogP contribution < -0.4 is 5.73 Å². The molecule has 1 atom stereocenters. The Balaban J connectivity index is 2.02. The van der Waals surface area contributed by atoms with Crippen LogP contribution in [-0.4, -0.2) is 36.0 Å². The fourth-order valence-electron chi connectivity index (χ4n) is 2.55. The van der Waals surface area contributed by atoms with Crippen molar-refractivity contribution in [2.45, 2.75) is 25.4 Å². The molecule has 0 radical (unpaired) electrons. The van der Waals surface area contributed by atoms with Crippen LogP contribution in [0.5, 0.6) is 0 Å². The fraction of sp³-hybridized carbons (Fsp3) is 0.571. The second-order valence-electron chi connectivity index (χ2n) is 4.68. The van der Waals surface area contributed by atoms with Crippen molar-refractivity contribution in [2.75, 3.05) is 25.1 Å². The van der Waals surface area contributed by atoms with E-state index < -0.39 is 0 Å². The predicted molar refractivity (Wildman–Crippen MR) is 76.4 cm³/mol. The predicted octanol–water partition coefficient (Wildman–Crippen LogP) is 2.13. The Morgan fingerprint density at radius 3 is 2.82 bits per heavy atom. The van der Waals surface area contributed by atoms with Crippen molar-refractivity contribution >= 4 is 11.8 Å². The molecular formula is C14H22N2S. The highest BCUT2D eigenvalue weighted by Gasteiger charge is 2.23. The summed E-state index contributed by atoms with van der Waals surface area (Å²) in [6.07, 6.45) is 4.55. The summed E-state index contributed by atoms with van der Waals surface area (Å²) in [6, 6.07) is 9.31. The molecule has 0 fully saturated rings. The first-order valence-corrected chi connectivity index (χ1v) is 7.74. The van der Waals surface area contributed by atoms with Crippen LogP contribution in [0.25, 0.3) is 0 Å². The molecule has 0 spiro atoms. The molecule has 0 aliphatic carbocycles. The Kier molecular flexibility index (Phi) is 4.89. The molecule has 2 rings (SSSR count). The number of hydrogen-bond donors (Lipinski definition) is 1. The molecule has 0 saturated carbocycles. The first-order chi connectivity index (χ1) is 8.35. The number of thioether (sulfide) groups is 1. The van der Waals surface area contributed by atoms with E-state index in [-0.39, 0.29) is 0 Å². The van der Waals surface area contributed by atoms with Crippen LogP contribution in [0.3, 0.4) is 0 Å². The summed E-state index contributed by atoms with van der Waals surface area (Å²) < 4.78 is 0. The molecule has 2 N–H and O–H groups in total. The van der Waals surface area contributed by atoms with Gasteiger partial charge < -0.3 is 5.73 Å². The van der Waals surface area contributed by atoms with Gasteiger partial charge in [0.1, 0.15) is 0 Å². The molecule has 0 amide bonds. The van der Waals surface area contributed by atoms with Gasteiger partial charge in [-0.2, -0.15) is 11.8 Å². The van der Waals surface area contributed by atoms with Crippen LogP contribution in [-0.2, 0) is 13.0 Å². The molecule has 2 nitrogen and oxygen atoms in total. The fourth-order valence-corrected chi connectivity index (χ4v) is 2.97. The zero-order valence-corrected chi connectivity index (χ0v) is 11.4. The van der Waals surface area contributed by atoms with Crippen molar-refractivity contribution in [1.29, 1.82) is 0 Å².